The average Bonchev–Trinajstić information content (AvgIpc) is 2.79. The molecule has 1 atom stereocenters. The van der Waals surface area contributed by atoms with Gasteiger partial charge in [0.05, 0.1) is 20.3 Å². The molecule has 0 aliphatic carbocycles. The summed E-state index contributed by atoms with van der Waals surface area (Å²) in [5, 5.41) is 0. The Kier molecular flexibility index (Phi) is 4.03. The summed E-state index contributed by atoms with van der Waals surface area (Å²) in [4.78, 5) is 21.8. The number of aromatic amines is 1. The summed E-state index contributed by atoms with van der Waals surface area (Å²) in [5.74, 6) is 0.834. The van der Waals surface area contributed by atoms with Gasteiger partial charge in [-0.25, -0.2) is 9.78 Å². The molecule has 112 valence electrons. The van der Waals surface area contributed by atoms with E-state index in [0.717, 1.165) is 22.6 Å². The van der Waals surface area contributed by atoms with Gasteiger partial charge >= 0.3 is 6.09 Å². The van der Waals surface area contributed by atoms with Crippen LogP contribution in [0.1, 0.15) is 32.6 Å². The van der Waals surface area contributed by atoms with Crippen molar-refractivity contribution >= 4 is 30.1 Å². The highest BCUT2D eigenvalue weighted by Gasteiger charge is 2.44. The predicted octanol–water partition coefficient (Wildman–Crippen LogP) is 3.71. The number of nitrogens with one attached hydrogen (secondary N) is 1. The Hall–Kier alpha value is -0.823. The number of aromatic nitrogens is 2. The van der Waals surface area contributed by atoms with E-state index in [2.05, 4.69) is 39.0 Å². The number of imidazole rings is 1. The summed E-state index contributed by atoms with van der Waals surface area (Å²) in [7, 11) is -1.43. The summed E-state index contributed by atoms with van der Waals surface area (Å²) < 4.78 is 6.37. The molecule has 1 N–H and O–H groups in total. The number of rotatable bonds is 1. The van der Waals surface area contributed by atoms with Crippen LogP contribution >= 0.6 is 15.9 Å². The van der Waals surface area contributed by atoms with Crippen molar-refractivity contribution in [1.29, 1.82) is 0 Å². The van der Waals surface area contributed by atoms with E-state index in [-0.39, 0.29) is 12.1 Å². The van der Waals surface area contributed by atoms with Gasteiger partial charge in [0.1, 0.15) is 16.0 Å². The van der Waals surface area contributed by atoms with Crippen LogP contribution in [0, 0.1) is 0 Å². The molecule has 1 aromatic heterocycles. The molecule has 2 heterocycles. The van der Waals surface area contributed by atoms with Crippen molar-refractivity contribution in [2.75, 3.05) is 6.17 Å². The number of hydrogen-bond donors (Lipinski definition) is 1. The van der Waals surface area contributed by atoms with Crippen LogP contribution in [0.25, 0.3) is 0 Å². The van der Waals surface area contributed by atoms with Crippen molar-refractivity contribution < 1.29 is 9.53 Å². The molecule has 1 amide bonds. The van der Waals surface area contributed by atoms with Crippen LogP contribution in [0.3, 0.4) is 0 Å². The minimum absolute atomic E-state index is 0.00202. The van der Waals surface area contributed by atoms with Crippen LogP contribution in [0.15, 0.2) is 10.8 Å². The van der Waals surface area contributed by atoms with E-state index in [1.807, 2.05) is 25.7 Å². The molecule has 7 heteroatoms. The Morgan fingerprint density at radius 2 is 2.20 bits per heavy atom. The lowest BCUT2D eigenvalue weighted by atomic mass is 10.2. The first-order chi connectivity index (χ1) is 9.07. The smallest absolute Gasteiger partial charge is 0.410 e. The van der Waals surface area contributed by atoms with Crippen molar-refractivity contribution in [3.8, 4) is 0 Å². The van der Waals surface area contributed by atoms with Crippen LogP contribution in [-0.4, -0.2) is 40.8 Å². The van der Waals surface area contributed by atoms with Crippen LogP contribution in [0.2, 0.25) is 19.1 Å². The second-order valence-electron chi connectivity index (χ2n) is 7.11. The molecule has 0 spiro atoms. The van der Waals surface area contributed by atoms with Crippen molar-refractivity contribution in [3.63, 3.8) is 0 Å². The number of carbonyl (C=O) groups is 1. The fourth-order valence-corrected chi connectivity index (χ4v) is 5.68. The molecule has 1 aliphatic rings. The van der Waals surface area contributed by atoms with E-state index in [9.17, 15) is 4.79 Å². The molecule has 0 radical (unpaired) electrons. The van der Waals surface area contributed by atoms with Crippen LogP contribution in [-0.2, 0) is 4.74 Å². The maximum Gasteiger partial charge on any atom is 0.410 e. The third-order valence-corrected chi connectivity index (χ3v) is 6.32. The molecule has 0 aromatic carbocycles. The van der Waals surface area contributed by atoms with Crippen LogP contribution in [0.4, 0.5) is 4.79 Å². The van der Waals surface area contributed by atoms with Gasteiger partial charge in [0, 0.05) is 6.17 Å². The highest BCUT2D eigenvalue weighted by atomic mass is 79.9. The minimum Gasteiger partial charge on any atom is -0.444 e. The Morgan fingerprint density at radius 1 is 1.55 bits per heavy atom. The SMILES string of the molecule is CC(C)(C)OC(=O)N1C[Si](C)(C)C[C@H]1c1ncc(Br)[nH]1. The zero-order valence-electron chi connectivity index (χ0n) is 12.7. The third-order valence-electron chi connectivity index (χ3n) is 3.23. The number of carbonyl (C=O) groups excluding carboxylic acids is 1. The maximum absolute atomic E-state index is 12.4. The van der Waals surface area contributed by atoms with Crippen molar-refractivity contribution in [1.82, 2.24) is 14.9 Å². The normalized spacial score (nSPS) is 22.1. The highest BCUT2D eigenvalue weighted by molar-refractivity contribution is 9.10. The predicted molar refractivity (Wildman–Crippen MR) is 84.3 cm³/mol. The molecular weight excluding hydrogens is 338 g/mol. The zero-order valence-corrected chi connectivity index (χ0v) is 15.2. The van der Waals surface area contributed by atoms with Crippen molar-refractivity contribution in [3.05, 3.63) is 16.6 Å². The van der Waals surface area contributed by atoms with E-state index in [1.165, 1.54) is 0 Å². The van der Waals surface area contributed by atoms with Gasteiger partial charge in [-0.2, -0.15) is 0 Å². The molecule has 1 saturated heterocycles. The number of H-pyrrole nitrogens is 1. The average molecular weight is 360 g/mol. The van der Waals surface area contributed by atoms with Gasteiger partial charge in [0.15, 0.2) is 0 Å². The van der Waals surface area contributed by atoms with E-state index in [4.69, 9.17) is 4.74 Å². The molecule has 1 aromatic rings. The summed E-state index contributed by atoms with van der Waals surface area (Å²) >= 11 is 3.37. The molecule has 20 heavy (non-hydrogen) atoms. The highest BCUT2D eigenvalue weighted by Crippen LogP contribution is 2.37. The van der Waals surface area contributed by atoms with Gasteiger partial charge in [-0.05, 0) is 42.7 Å². The Bertz CT molecular complexity index is 510. The fraction of sp³-hybridized carbons (Fsp3) is 0.692. The summed E-state index contributed by atoms with van der Waals surface area (Å²) in [6.45, 7) is 10.3. The second-order valence-corrected chi connectivity index (χ2v) is 13.0. The molecule has 0 bridgehead atoms. The molecular formula is C13H22BrN3O2Si. The first-order valence-electron chi connectivity index (χ1n) is 6.77. The van der Waals surface area contributed by atoms with Gasteiger partial charge in [0.25, 0.3) is 0 Å². The number of nitrogens with zero attached hydrogens (tertiary/aromatic N) is 2. The van der Waals surface area contributed by atoms with Crippen LogP contribution in [0.5, 0.6) is 0 Å². The van der Waals surface area contributed by atoms with E-state index in [1.54, 1.807) is 6.20 Å². The van der Waals surface area contributed by atoms with Gasteiger partial charge in [-0.3, -0.25) is 0 Å². The molecule has 0 unspecified atom stereocenters. The minimum atomic E-state index is -1.43. The Balaban J connectivity index is 2.22. The lowest BCUT2D eigenvalue weighted by Crippen LogP contribution is -2.39. The quantitative estimate of drug-likeness (QED) is 0.777. The first-order valence-corrected chi connectivity index (χ1v) is 11.0. The van der Waals surface area contributed by atoms with E-state index in [0.29, 0.717) is 0 Å². The molecule has 5 nitrogen and oxygen atoms in total. The van der Waals surface area contributed by atoms with E-state index < -0.39 is 13.7 Å². The van der Waals surface area contributed by atoms with E-state index >= 15 is 0 Å². The Morgan fingerprint density at radius 3 is 2.70 bits per heavy atom. The fourth-order valence-electron chi connectivity index (χ4n) is 2.51. The maximum atomic E-state index is 12.4. The molecule has 0 saturated carbocycles. The topological polar surface area (TPSA) is 58.2 Å². The van der Waals surface area contributed by atoms with Gasteiger partial charge in [-0.1, -0.05) is 13.1 Å². The zero-order chi connectivity index (χ0) is 15.1. The first kappa shape index (κ1) is 15.6. The summed E-state index contributed by atoms with van der Waals surface area (Å²) in [5.41, 5.74) is -0.473. The van der Waals surface area contributed by atoms with Crippen LogP contribution < -0.4 is 0 Å². The van der Waals surface area contributed by atoms with Gasteiger partial charge in [-0.15, -0.1) is 0 Å². The van der Waals surface area contributed by atoms with Gasteiger partial charge < -0.3 is 14.6 Å². The Labute approximate surface area is 129 Å². The summed E-state index contributed by atoms with van der Waals surface area (Å²) in [6.07, 6.45) is 2.30. The lowest BCUT2D eigenvalue weighted by Gasteiger charge is -2.28. The van der Waals surface area contributed by atoms with Crippen molar-refractivity contribution in [2.24, 2.45) is 0 Å². The van der Waals surface area contributed by atoms with Gasteiger partial charge in [0.2, 0.25) is 0 Å². The molecule has 2 rings (SSSR count). The standard InChI is InChI=1S/C13H22BrN3O2Si/c1-13(2,3)19-12(18)17-8-20(4,5)7-9(17)11-15-6-10(14)16-11/h6,9H,7-8H2,1-5H3,(H,15,16)/t9-/m0/s1. The molecule has 1 aliphatic heterocycles. The second kappa shape index (κ2) is 5.18. The monoisotopic (exact) mass is 359 g/mol. The number of hydrogen-bond acceptors (Lipinski definition) is 3. The van der Waals surface area contributed by atoms with Crippen molar-refractivity contribution in [2.45, 2.75) is 51.6 Å². The largest absolute Gasteiger partial charge is 0.444 e. The third kappa shape index (κ3) is 3.63. The lowest BCUT2D eigenvalue weighted by molar-refractivity contribution is 0.0229. The molecule has 1 fully saturated rings. The number of halogens is 1. The summed E-state index contributed by atoms with van der Waals surface area (Å²) in [6, 6.07) is 1.00. The number of ether oxygens (including phenoxy) is 1. The number of amides is 1.